The molecule has 8 aromatic rings. The van der Waals surface area contributed by atoms with E-state index in [1.807, 2.05) is 11.8 Å². The lowest BCUT2D eigenvalue weighted by Gasteiger charge is -2.39. The molecule has 1 N–H and O–H groups in total. The molecule has 254 valence electrons. The van der Waals surface area contributed by atoms with E-state index >= 15 is 0 Å². The molecule has 0 radical (unpaired) electrons. The molecular formula is C51H34N2S. The van der Waals surface area contributed by atoms with E-state index in [4.69, 9.17) is 4.99 Å². The van der Waals surface area contributed by atoms with Crippen LogP contribution in [-0.4, -0.2) is 0 Å². The van der Waals surface area contributed by atoms with Crippen LogP contribution in [0.4, 0.5) is 0 Å². The first-order valence-corrected chi connectivity index (χ1v) is 19.4. The summed E-state index contributed by atoms with van der Waals surface area (Å²) >= 11 is 1.89. The van der Waals surface area contributed by atoms with Gasteiger partial charge in [0.1, 0.15) is 6.17 Å². The lowest BCUT2D eigenvalue weighted by molar-refractivity contribution is 0.634. The monoisotopic (exact) mass is 706 g/mol. The second-order valence-electron chi connectivity index (χ2n) is 14.3. The van der Waals surface area contributed by atoms with Crippen LogP contribution in [0.5, 0.6) is 0 Å². The van der Waals surface area contributed by atoms with Crippen molar-refractivity contribution in [3.63, 3.8) is 0 Å². The number of para-hydroxylation sites is 1. The average Bonchev–Trinajstić information content (AvgIpc) is 3.54. The number of rotatable bonds is 4. The van der Waals surface area contributed by atoms with Crippen molar-refractivity contribution >= 4 is 17.5 Å². The minimum atomic E-state index is -0.385. The van der Waals surface area contributed by atoms with Gasteiger partial charge in [-0.2, -0.15) is 0 Å². The van der Waals surface area contributed by atoms with E-state index in [1.165, 1.54) is 65.4 Å². The molecule has 0 bridgehead atoms. The predicted octanol–water partition coefficient (Wildman–Crippen LogP) is 10.9. The van der Waals surface area contributed by atoms with Gasteiger partial charge in [-0.3, -0.25) is 4.99 Å². The van der Waals surface area contributed by atoms with Gasteiger partial charge in [0.15, 0.2) is 0 Å². The first-order chi connectivity index (χ1) is 26.8. The molecular weight excluding hydrogens is 673 g/mol. The topological polar surface area (TPSA) is 24.4 Å². The molecule has 1 spiro atoms. The fourth-order valence-corrected chi connectivity index (χ4v) is 10.1. The van der Waals surface area contributed by atoms with Gasteiger partial charge in [0.05, 0.1) is 16.5 Å². The van der Waals surface area contributed by atoms with Crippen molar-refractivity contribution in [1.82, 2.24) is 5.32 Å². The number of fused-ring (bicyclic) bond motifs is 10. The Morgan fingerprint density at radius 3 is 1.72 bits per heavy atom. The van der Waals surface area contributed by atoms with Crippen molar-refractivity contribution in [3.05, 3.63) is 238 Å². The van der Waals surface area contributed by atoms with Gasteiger partial charge < -0.3 is 5.32 Å². The zero-order valence-corrected chi connectivity index (χ0v) is 30.2. The van der Waals surface area contributed by atoms with Gasteiger partial charge in [0.2, 0.25) is 0 Å². The lowest BCUT2D eigenvalue weighted by Crippen LogP contribution is -2.39. The highest BCUT2D eigenvalue weighted by molar-refractivity contribution is 7.99. The summed E-state index contributed by atoms with van der Waals surface area (Å²) in [6.07, 6.45) is -0.187. The molecule has 3 aliphatic rings. The van der Waals surface area contributed by atoms with Crippen molar-refractivity contribution in [2.24, 2.45) is 4.99 Å². The van der Waals surface area contributed by atoms with Gasteiger partial charge in [0, 0.05) is 15.0 Å². The Hall–Kier alpha value is -6.42. The van der Waals surface area contributed by atoms with E-state index in [2.05, 4.69) is 199 Å². The minimum Gasteiger partial charge on any atom is -0.359 e. The summed E-state index contributed by atoms with van der Waals surface area (Å²) in [6.45, 7) is 0. The lowest BCUT2D eigenvalue weighted by atomic mass is 9.67. The molecule has 0 aromatic heterocycles. The Bertz CT molecular complexity index is 2830. The Kier molecular flexibility index (Phi) is 7.11. The van der Waals surface area contributed by atoms with E-state index in [0.717, 1.165) is 27.4 Å². The first kappa shape index (κ1) is 31.1. The van der Waals surface area contributed by atoms with E-state index in [9.17, 15) is 0 Å². The summed E-state index contributed by atoms with van der Waals surface area (Å²) < 4.78 is 0. The van der Waals surface area contributed by atoms with Gasteiger partial charge >= 0.3 is 0 Å². The molecule has 1 atom stereocenters. The summed E-state index contributed by atoms with van der Waals surface area (Å²) in [5, 5.41) is 5.93. The van der Waals surface area contributed by atoms with Crippen LogP contribution in [0.3, 0.4) is 0 Å². The normalized spacial score (nSPS) is 15.6. The summed E-state index contributed by atoms with van der Waals surface area (Å²) in [5.74, 6) is 0. The van der Waals surface area contributed by atoms with Crippen LogP contribution >= 0.6 is 11.8 Å². The van der Waals surface area contributed by atoms with Gasteiger partial charge in [-0.1, -0.05) is 182 Å². The number of nitrogens with one attached hydrogen (secondary N) is 1. The van der Waals surface area contributed by atoms with Crippen molar-refractivity contribution in [1.29, 1.82) is 0 Å². The second-order valence-corrected chi connectivity index (χ2v) is 15.4. The van der Waals surface area contributed by atoms with Gasteiger partial charge in [-0.15, -0.1) is 0 Å². The Morgan fingerprint density at radius 1 is 0.426 bits per heavy atom. The van der Waals surface area contributed by atoms with Crippen molar-refractivity contribution in [3.8, 4) is 33.4 Å². The Labute approximate surface area is 319 Å². The summed E-state index contributed by atoms with van der Waals surface area (Å²) in [6, 6.07) is 70.9. The van der Waals surface area contributed by atoms with Crippen LogP contribution in [0.1, 0.15) is 39.5 Å². The zero-order chi connectivity index (χ0) is 35.6. The molecule has 2 nitrogen and oxygen atoms in total. The quantitative estimate of drug-likeness (QED) is 0.197. The fraction of sp³-hybridized carbons (Fsp3) is 0.0392. The minimum absolute atomic E-state index is 0.187. The van der Waals surface area contributed by atoms with Crippen LogP contribution in [0, 0.1) is 0 Å². The van der Waals surface area contributed by atoms with Crippen LogP contribution in [0.2, 0.25) is 0 Å². The largest absolute Gasteiger partial charge is 0.359 e. The second kappa shape index (κ2) is 12.3. The van der Waals surface area contributed by atoms with Crippen molar-refractivity contribution in [2.45, 2.75) is 21.4 Å². The molecule has 54 heavy (non-hydrogen) atoms. The maximum absolute atomic E-state index is 5.15. The predicted molar refractivity (Wildman–Crippen MR) is 221 cm³/mol. The smallest absolute Gasteiger partial charge is 0.145 e. The molecule has 1 aliphatic carbocycles. The van der Waals surface area contributed by atoms with E-state index in [-0.39, 0.29) is 11.6 Å². The third-order valence-corrected chi connectivity index (χ3v) is 12.6. The standard InChI is InChI=1S/C51H34N2S/c1-2-12-33(13-3-1)34-24-28-37(29-25-34)50-52-46-19-9-5-15-41(46)49(53-50)36-26-22-35(23-27-36)38-30-31-40-39-14-4-6-16-42(39)51(45(40)32-38)43-17-7-10-20-47(43)54-48-21-11-8-18-44(48)51/h1-32,50,53H. The number of nitrogens with zero attached hydrogens (tertiary/aromatic N) is 1. The summed E-state index contributed by atoms with van der Waals surface area (Å²) in [5.41, 5.74) is 15.9. The highest BCUT2D eigenvalue weighted by Crippen LogP contribution is 2.62. The molecule has 1 unspecified atom stereocenters. The number of benzene rings is 8. The van der Waals surface area contributed by atoms with Gasteiger partial charge in [-0.25, -0.2) is 0 Å². The maximum atomic E-state index is 5.15. The SMILES string of the molecule is c1ccc(-c2ccc(C3N=c4ccccc4=C(c4ccc(-c5ccc6c(c5)C5(c7ccccc7Sc7ccccc75)c5ccccc5-6)cc4)N3)cc2)cc1. The van der Waals surface area contributed by atoms with Gasteiger partial charge in [-0.05, 0) is 91.0 Å². The highest BCUT2D eigenvalue weighted by atomic mass is 32.2. The number of hydrogen-bond acceptors (Lipinski definition) is 3. The molecule has 8 aromatic carbocycles. The first-order valence-electron chi connectivity index (χ1n) is 18.6. The van der Waals surface area contributed by atoms with Crippen LogP contribution < -0.4 is 15.9 Å². The van der Waals surface area contributed by atoms with Crippen LogP contribution in [0.25, 0.3) is 39.1 Å². The third-order valence-electron chi connectivity index (χ3n) is 11.4. The van der Waals surface area contributed by atoms with E-state index in [0.29, 0.717) is 0 Å². The molecule has 0 amide bonds. The molecule has 0 saturated carbocycles. The number of hydrogen-bond donors (Lipinski definition) is 1. The molecule has 11 rings (SSSR count). The summed E-state index contributed by atoms with van der Waals surface area (Å²) in [4.78, 5) is 7.79. The molecule has 3 heteroatoms. The molecule has 0 fully saturated rings. The molecule has 2 aliphatic heterocycles. The van der Waals surface area contributed by atoms with Crippen LogP contribution in [-0.2, 0) is 5.41 Å². The molecule has 0 saturated heterocycles. The Morgan fingerprint density at radius 2 is 0.963 bits per heavy atom. The highest BCUT2D eigenvalue weighted by Gasteiger charge is 2.50. The van der Waals surface area contributed by atoms with Crippen molar-refractivity contribution < 1.29 is 0 Å². The summed E-state index contributed by atoms with van der Waals surface area (Å²) in [7, 11) is 0. The fourth-order valence-electron chi connectivity index (χ4n) is 8.93. The average molecular weight is 707 g/mol. The molecule has 2 heterocycles. The van der Waals surface area contributed by atoms with E-state index in [1.54, 1.807) is 0 Å². The zero-order valence-electron chi connectivity index (χ0n) is 29.4. The maximum Gasteiger partial charge on any atom is 0.145 e. The van der Waals surface area contributed by atoms with Gasteiger partial charge in [0.25, 0.3) is 0 Å². The van der Waals surface area contributed by atoms with E-state index < -0.39 is 0 Å². The third kappa shape index (κ3) is 4.72. The Balaban J connectivity index is 0.992. The van der Waals surface area contributed by atoms with Crippen LogP contribution in [0.15, 0.2) is 209 Å². The van der Waals surface area contributed by atoms with Crippen molar-refractivity contribution in [2.75, 3.05) is 0 Å².